The predicted octanol–water partition coefficient (Wildman–Crippen LogP) is 3.80. The van der Waals surface area contributed by atoms with Gasteiger partial charge in [-0.1, -0.05) is 12.1 Å². The molecule has 3 aromatic rings. The number of pyridine rings is 1. The number of nitrogens with one attached hydrogen (secondary N) is 2. The quantitative estimate of drug-likeness (QED) is 0.598. The molecule has 0 saturated heterocycles. The first-order chi connectivity index (χ1) is 14.2. The minimum absolute atomic E-state index is 0.200. The Kier molecular flexibility index (Phi) is 6.26. The number of carbonyl (C=O) groups is 1. The molecule has 1 amide bonds. The Balaban J connectivity index is 1.75. The Hall–Kier alpha value is -3.13. The Morgan fingerprint density at radius 2 is 1.90 bits per heavy atom. The van der Waals surface area contributed by atoms with Crippen molar-refractivity contribution in [3.63, 3.8) is 0 Å². The van der Waals surface area contributed by atoms with Crippen LogP contribution in [0.5, 0.6) is 5.88 Å². The number of hydrogen-bond donors (Lipinski definition) is 2. The minimum atomic E-state index is -3.34. The Labute approximate surface area is 176 Å². The van der Waals surface area contributed by atoms with Crippen molar-refractivity contribution in [2.24, 2.45) is 0 Å². The van der Waals surface area contributed by atoms with Gasteiger partial charge in [-0.15, -0.1) is 0 Å². The van der Waals surface area contributed by atoms with Crippen LogP contribution in [0, 0.1) is 6.92 Å². The molecule has 0 radical (unpaired) electrons. The Bertz CT molecular complexity index is 1190. The second kappa shape index (κ2) is 8.71. The molecule has 3 rings (SSSR count). The van der Waals surface area contributed by atoms with Crippen LogP contribution in [0.15, 0.2) is 48.5 Å². The van der Waals surface area contributed by atoms with Crippen LogP contribution in [0.4, 0.5) is 5.69 Å². The van der Waals surface area contributed by atoms with Gasteiger partial charge in [-0.2, -0.15) is 0 Å². The van der Waals surface area contributed by atoms with Crippen LogP contribution >= 0.6 is 0 Å². The van der Waals surface area contributed by atoms with Crippen LogP contribution in [0.25, 0.3) is 10.9 Å². The van der Waals surface area contributed by atoms with E-state index in [0.29, 0.717) is 23.7 Å². The number of benzene rings is 2. The lowest BCUT2D eigenvalue weighted by molar-refractivity contribution is 0.0940. The van der Waals surface area contributed by atoms with Crippen LogP contribution < -0.4 is 14.8 Å². The van der Waals surface area contributed by atoms with Gasteiger partial charge in [0.2, 0.25) is 15.9 Å². The van der Waals surface area contributed by atoms with Gasteiger partial charge >= 0.3 is 0 Å². The van der Waals surface area contributed by atoms with Gasteiger partial charge in [-0.25, -0.2) is 13.4 Å². The first kappa shape index (κ1) is 21.6. The fourth-order valence-electron chi connectivity index (χ4n) is 3.11. The molecule has 0 fully saturated rings. The number of sulfonamides is 1. The van der Waals surface area contributed by atoms with Crippen molar-refractivity contribution >= 4 is 32.5 Å². The molecule has 1 aromatic heterocycles. The molecular formula is C22H25N3O4S. The molecule has 2 N–H and O–H groups in total. The lowest BCUT2D eigenvalue weighted by Gasteiger charge is -2.17. The zero-order chi connectivity index (χ0) is 21.9. The Morgan fingerprint density at radius 3 is 2.57 bits per heavy atom. The smallest absolute Gasteiger partial charge is 0.251 e. The molecule has 0 spiro atoms. The number of fused-ring (bicyclic) bond motifs is 1. The maximum Gasteiger partial charge on any atom is 0.251 e. The summed E-state index contributed by atoms with van der Waals surface area (Å²) in [5.41, 5.74) is 3.47. The molecule has 158 valence electrons. The van der Waals surface area contributed by atoms with Crippen LogP contribution in [-0.4, -0.2) is 32.2 Å². The van der Waals surface area contributed by atoms with Gasteiger partial charge in [0.05, 0.1) is 30.1 Å². The minimum Gasteiger partial charge on any atom is -0.478 e. The molecule has 7 nitrogen and oxygen atoms in total. The second-order valence-corrected chi connectivity index (χ2v) is 8.88. The molecule has 1 heterocycles. The molecular weight excluding hydrogens is 402 g/mol. The van der Waals surface area contributed by atoms with Gasteiger partial charge in [0.1, 0.15) is 0 Å². The summed E-state index contributed by atoms with van der Waals surface area (Å²) in [7, 11) is -3.34. The molecule has 2 aromatic carbocycles. The highest BCUT2D eigenvalue weighted by atomic mass is 32.2. The van der Waals surface area contributed by atoms with Gasteiger partial charge in [0.25, 0.3) is 5.91 Å². The number of nitrogens with zero attached hydrogens (tertiary/aromatic N) is 1. The molecule has 30 heavy (non-hydrogen) atoms. The van der Waals surface area contributed by atoms with Gasteiger partial charge in [-0.05, 0) is 62.2 Å². The average Bonchev–Trinajstić information content (AvgIpc) is 2.68. The number of ether oxygens (including phenoxy) is 1. The van der Waals surface area contributed by atoms with Gasteiger partial charge in [-0.3, -0.25) is 9.52 Å². The summed E-state index contributed by atoms with van der Waals surface area (Å²) in [5.74, 6) is 0.356. The van der Waals surface area contributed by atoms with E-state index in [1.807, 2.05) is 32.9 Å². The van der Waals surface area contributed by atoms with E-state index < -0.39 is 10.0 Å². The van der Waals surface area contributed by atoms with Crippen LogP contribution in [-0.2, 0) is 10.0 Å². The molecule has 0 bridgehead atoms. The lowest BCUT2D eigenvalue weighted by atomic mass is 10.0. The summed E-state index contributed by atoms with van der Waals surface area (Å²) in [5, 5.41) is 3.83. The summed E-state index contributed by atoms with van der Waals surface area (Å²) < 4.78 is 30.8. The van der Waals surface area contributed by atoms with E-state index >= 15 is 0 Å². The van der Waals surface area contributed by atoms with E-state index in [0.717, 1.165) is 28.3 Å². The highest BCUT2D eigenvalue weighted by Crippen LogP contribution is 2.23. The molecule has 0 aliphatic rings. The first-order valence-electron chi connectivity index (χ1n) is 9.59. The van der Waals surface area contributed by atoms with E-state index in [2.05, 4.69) is 15.0 Å². The van der Waals surface area contributed by atoms with Crippen molar-refractivity contribution in [1.29, 1.82) is 0 Å². The molecule has 0 aliphatic carbocycles. The van der Waals surface area contributed by atoms with Gasteiger partial charge in [0.15, 0.2) is 0 Å². The number of aromatic nitrogens is 1. The largest absolute Gasteiger partial charge is 0.478 e. The summed E-state index contributed by atoms with van der Waals surface area (Å²) in [4.78, 5) is 17.1. The lowest BCUT2D eigenvalue weighted by Crippen LogP contribution is -2.26. The summed E-state index contributed by atoms with van der Waals surface area (Å²) in [6.07, 6.45) is 1.11. The van der Waals surface area contributed by atoms with Crippen molar-refractivity contribution in [1.82, 2.24) is 10.3 Å². The molecule has 0 saturated carbocycles. The van der Waals surface area contributed by atoms with E-state index in [4.69, 9.17) is 4.74 Å². The number of rotatable bonds is 7. The van der Waals surface area contributed by atoms with E-state index in [-0.39, 0.29) is 11.9 Å². The first-order valence-corrected chi connectivity index (χ1v) is 11.5. The van der Waals surface area contributed by atoms with Crippen LogP contribution in [0.3, 0.4) is 0 Å². The molecule has 0 aliphatic heterocycles. The fourth-order valence-corrected chi connectivity index (χ4v) is 3.74. The monoisotopic (exact) mass is 427 g/mol. The second-order valence-electron chi connectivity index (χ2n) is 7.13. The SMILES string of the molecule is CCOc1ccc2cc(C(=O)N[C@H](C)c3ccc(NS(C)(=O)=O)c(C)c3)ccc2n1. The molecule has 1 atom stereocenters. The zero-order valence-corrected chi connectivity index (χ0v) is 18.2. The summed E-state index contributed by atoms with van der Waals surface area (Å²) >= 11 is 0. The van der Waals surface area contributed by atoms with Crippen molar-refractivity contribution in [2.45, 2.75) is 26.8 Å². The van der Waals surface area contributed by atoms with Crippen LogP contribution in [0.1, 0.15) is 41.4 Å². The zero-order valence-electron chi connectivity index (χ0n) is 17.4. The topological polar surface area (TPSA) is 97.4 Å². The van der Waals surface area contributed by atoms with Gasteiger partial charge < -0.3 is 10.1 Å². The van der Waals surface area contributed by atoms with Crippen molar-refractivity contribution in [3.8, 4) is 5.88 Å². The normalized spacial score (nSPS) is 12.4. The number of anilines is 1. The third-order valence-corrected chi connectivity index (χ3v) is 5.20. The summed E-state index contributed by atoms with van der Waals surface area (Å²) in [6, 6.07) is 14.1. The average molecular weight is 428 g/mol. The number of amides is 1. The van der Waals surface area contributed by atoms with E-state index in [1.165, 1.54) is 0 Å². The number of aryl methyl sites for hydroxylation is 1. The highest BCUT2D eigenvalue weighted by Gasteiger charge is 2.14. The van der Waals surface area contributed by atoms with Gasteiger partial charge in [0, 0.05) is 17.0 Å². The van der Waals surface area contributed by atoms with E-state index in [1.54, 1.807) is 36.4 Å². The standard InChI is InChI=1S/C22H25N3O4S/c1-5-29-21-11-8-17-13-18(7-10-20(17)24-21)22(26)23-15(3)16-6-9-19(14(2)12-16)25-30(4,27)28/h6-13,15,25H,5H2,1-4H3,(H,23,26)/t15-/m1/s1. The van der Waals surface area contributed by atoms with Crippen LogP contribution in [0.2, 0.25) is 0 Å². The van der Waals surface area contributed by atoms with E-state index in [9.17, 15) is 13.2 Å². The predicted molar refractivity (Wildman–Crippen MR) is 118 cm³/mol. The third-order valence-electron chi connectivity index (χ3n) is 4.61. The van der Waals surface area contributed by atoms with Crippen molar-refractivity contribution in [2.75, 3.05) is 17.6 Å². The molecule has 0 unspecified atom stereocenters. The molecule has 8 heteroatoms. The fraction of sp³-hybridized carbons (Fsp3) is 0.273. The van der Waals surface area contributed by atoms with Crippen molar-refractivity contribution < 1.29 is 17.9 Å². The van der Waals surface area contributed by atoms with Crippen molar-refractivity contribution in [3.05, 3.63) is 65.2 Å². The maximum atomic E-state index is 12.7. The number of hydrogen-bond acceptors (Lipinski definition) is 5. The number of carbonyl (C=O) groups excluding carboxylic acids is 1. The summed E-state index contributed by atoms with van der Waals surface area (Å²) in [6.45, 7) is 6.14. The Morgan fingerprint density at radius 1 is 1.13 bits per heavy atom. The highest BCUT2D eigenvalue weighted by molar-refractivity contribution is 7.92. The maximum absolute atomic E-state index is 12.7. The third kappa shape index (κ3) is 5.27.